The number of carbonyl (C=O) groups excluding carboxylic acids is 1. The molecule has 116 valence electrons. The smallest absolute Gasteiger partial charge is 0.228 e. The van der Waals surface area contributed by atoms with Gasteiger partial charge in [-0.1, -0.05) is 0 Å². The van der Waals surface area contributed by atoms with Gasteiger partial charge in [-0.2, -0.15) is 0 Å². The van der Waals surface area contributed by atoms with Crippen LogP contribution in [0.2, 0.25) is 0 Å². The summed E-state index contributed by atoms with van der Waals surface area (Å²) in [5, 5.41) is 3.02. The molecule has 0 spiro atoms. The number of hydrogen-bond acceptors (Lipinski definition) is 4. The number of amides is 1. The first-order valence-corrected chi connectivity index (χ1v) is 8.66. The zero-order chi connectivity index (χ0) is 15.4. The van der Waals surface area contributed by atoms with Gasteiger partial charge in [0, 0.05) is 30.9 Å². The van der Waals surface area contributed by atoms with Crippen molar-refractivity contribution in [3.8, 4) is 0 Å². The molecular weight excluding hydrogens is 294 g/mol. The minimum Gasteiger partial charge on any atom is -0.342 e. The van der Waals surface area contributed by atoms with Gasteiger partial charge in [-0.05, 0) is 49.8 Å². The SMILES string of the molecule is Cc1nc(CC(=O)N2CCC(Cc3ccncc3)CC2)cs1. The van der Waals surface area contributed by atoms with Gasteiger partial charge in [0.1, 0.15) is 0 Å². The van der Waals surface area contributed by atoms with Crippen molar-refractivity contribution in [3.05, 3.63) is 46.2 Å². The summed E-state index contributed by atoms with van der Waals surface area (Å²) in [4.78, 5) is 22.8. The third-order valence-electron chi connectivity index (χ3n) is 4.24. The number of rotatable bonds is 4. The average molecular weight is 315 g/mol. The van der Waals surface area contributed by atoms with Crippen LogP contribution in [0.15, 0.2) is 29.9 Å². The first-order chi connectivity index (χ1) is 10.7. The Morgan fingerprint density at radius 1 is 1.32 bits per heavy atom. The maximum Gasteiger partial charge on any atom is 0.228 e. The van der Waals surface area contributed by atoms with Crippen molar-refractivity contribution >= 4 is 17.2 Å². The summed E-state index contributed by atoms with van der Waals surface area (Å²) in [6.07, 6.45) is 7.41. The molecule has 0 radical (unpaired) electrons. The number of hydrogen-bond donors (Lipinski definition) is 0. The molecule has 2 aromatic heterocycles. The summed E-state index contributed by atoms with van der Waals surface area (Å²) in [6.45, 7) is 3.72. The van der Waals surface area contributed by atoms with Crippen LogP contribution in [-0.4, -0.2) is 33.9 Å². The highest BCUT2D eigenvalue weighted by Crippen LogP contribution is 2.22. The van der Waals surface area contributed by atoms with E-state index < -0.39 is 0 Å². The predicted molar refractivity (Wildman–Crippen MR) is 87.8 cm³/mol. The average Bonchev–Trinajstić information content (AvgIpc) is 2.94. The van der Waals surface area contributed by atoms with Crippen LogP contribution >= 0.6 is 11.3 Å². The van der Waals surface area contributed by atoms with Gasteiger partial charge in [0.2, 0.25) is 5.91 Å². The lowest BCUT2D eigenvalue weighted by atomic mass is 9.90. The number of piperidine rings is 1. The molecule has 4 nitrogen and oxygen atoms in total. The van der Waals surface area contributed by atoms with Crippen molar-refractivity contribution in [1.29, 1.82) is 0 Å². The molecule has 3 rings (SSSR count). The van der Waals surface area contributed by atoms with Crippen LogP contribution < -0.4 is 0 Å². The second kappa shape index (κ2) is 7.01. The number of carbonyl (C=O) groups is 1. The van der Waals surface area contributed by atoms with Crippen LogP contribution in [0, 0.1) is 12.8 Å². The molecule has 1 aliphatic heterocycles. The molecule has 0 unspecified atom stereocenters. The van der Waals surface area contributed by atoms with Crippen molar-refractivity contribution in [2.45, 2.75) is 32.6 Å². The fourth-order valence-electron chi connectivity index (χ4n) is 2.99. The van der Waals surface area contributed by atoms with Crippen molar-refractivity contribution < 1.29 is 4.79 Å². The van der Waals surface area contributed by atoms with Crippen molar-refractivity contribution in [2.75, 3.05) is 13.1 Å². The second-order valence-electron chi connectivity index (χ2n) is 5.92. The maximum absolute atomic E-state index is 12.3. The zero-order valence-electron chi connectivity index (χ0n) is 12.9. The van der Waals surface area contributed by atoms with E-state index >= 15 is 0 Å². The number of thiazole rings is 1. The van der Waals surface area contributed by atoms with Crippen LogP contribution in [0.5, 0.6) is 0 Å². The Morgan fingerprint density at radius 2 is 2.05 bits per heavy atom. The topological polar surface area (TPSA) is 46.1 Å². The molecule has 0 atom stereocenters. The van der Waals surface area contributed by atoms with Crippen LogP contribution in [-0.2, 0) is 17.6 Å². The first kappa shape index (κ1) is 15.2. The largest absolute Gasteiger partial charge is 0.342 e. The highest BCUT2D eigenvalue weighted by Gasteiger charge is 2.23. The van der Waals surface area contributed by atoms with Crippen molar-refractivity contribution in [2.24, 2.45) is 5.92 Å². The third kappa shape index (κ3) is 3.91. The number of aromatic nitrogens is 2. The van der Waals surface area contributed by atoms with Crippen molar-refractivity contribution in [1.82, 2.24) is 14.9 Å². The molecule has 1 aliphatic rings. The Kier molecular flexibility index (Phi) is 4.83. The van der Waals surface area contributed by atoms with E-state index in [1.807, 2.05) is 29.6 Å². The van der Waals surface area contributed by atoms with Gasteiger partial charge < -0.3 is 4.90 Å². The van der Waals surface area contributed by atoms with Crippen molar-refractivity contribution in [3.63, 3.8) is 0 Å². The predicted octanol–water partition coefficient (Wildman–Crippen LogP) is 2.87. The Hall–Kier alpha value is -1.75. The van der Waals surface area contributed by atoms with E-state index in [0.29, 0.717) is 12.3 Å². The van der Waals surface area contributed by atoms with E-state index in [2.05, 4.69) is 22.1 Å². The Labute approximate surface area is 135 Å². The maximum atomic E-state index is 12.3. The zero-order valence-corrected chi connectivity index (χ0v) is 13.7. The Morgan fingerprint density at radius 3 is 2.68 bits per heavy atom. The molecule has 1 amide bonds. The molecule has 0 bridgehead atoms. The molecule has 2 aromatic rings. The van der Waals surface area contributed by atoms with Gasteiger partial charge in [0.25, 0.3) is 0 Å². The molecule has 22 heavy (non-hydrogen) atoms. The molecule has 1 saturated heterocycles. The first-order valence-electron chi connectivity index (χ1n) is 7.78. The fourth-order valence-corrected chi connectivity index (χ4v) is 3.61. The number of aryl methyl sites for hydroxylation is 1. The van der Waals surface area contributed by atoms with E-state index in [0.717, 1.165) is 43.1 Å². The lowest BCUT2D eigenvalue weighted by Gasteiger charge is -2.32. The molecule has 3 heterocycles. The highest BCUT2D eigenvalue weighted by molar-refractivity contribution is 7.09. The lowest BCUT2D eigenvalue weighted by Crippen LogP contribution is -2.39. The minimum absolute atomic E-state index is 0.215. The lowest BCUT2D eigenvalue weighted by molar-refractivity contribution is -0.131. The van der Waals surface area contributed by atoms with Crippen LogP contribution in [0.3, 0.4) is 0 Å². The fraction of sp³-hybridized carbons (Fsp3) is 0.471. The molecular formula is C17H21N3OS. The van der Waals surface area contributed by atoms with Crippen LogP contribution in [0.25, 0.3) is 0 Å². The highest BCUT2D eigenvalue weighted by atomic mass is 32.1. The standard InChI is InChI=1S/C17H21N3OS/c1-13-19-16(12-22-13)11-17(21)20-8-4-15(5-9-20)10-14-2-6-18-7-3-14/h2-3,6-7,12,15H,4-5,8-11H2,1H3. The third-order valence-corrected chi connectivity index (χ3v) is 5.06. The number of likely N-dealkylation sites (tertiary alicyclic amines) is 1. The number of nitrogens with zero attached hydrogens (tertiary/aromatic N) is 3. The normalized spacial score (nSPS) is 16.0. The summed E-state index contributed by atoms with van der Waals surface area (Å²) in [5.41, 5.74) is 2.25. The Bertz CT molecular complexity index is 618. The van der Waals surface area contributed by atoms with E-state index in [-0.39, 0.29) is 5.91 Å². The summed E-state index contributed by atoms with van der Waals surface area (Å²) >= 11 is 1.61. The van der Waals surface area contributed by atoms with Gasteiger partial charge in [-0.3, -0.25) is 9.78 Å². The second-order valence-corrected chi connectivity index (χ2v) is 6.98. The summed E-state index contributed by atoms with van der Waals surface area (Å²) in [5.74, 6) is 0.889. The quantitative estimate of drug-likeness (QED) is 0.871. The van der Waals surface area contributed by atoms with E-state index in [9.17, 15) is 4.79 Å². The molecule has 0 aliphatic carbocycles. The van der Waals surface area contributed by atoms with Gasteiger partial charge >= 0.3 is 0 Å². The van der Waals surface area contributed by atoms with Gasteiger partial charge in [0.05, 0.1) is 17.1 Å². The van der Waals surface area contributed by atoms with Gasteiger partial charge in [-0.25, -0.2) is 4.98 Å². The molecule has 0 aromatic carbocycles. The summed E-state index contributed by atoms with van der Waals surface area (Å²) < 4.78 is 0. The molecule has 0 N–H and O–H groups in total. The molecule has 1 fully saturated rings. The monoisotopic (exact) mass is 315 g/mol. The minimum atomic E-state index is 0.215. The summed E-state index contributed by atoms with van der Waals surface area (Å²) in [6, 6.07) is 4.17. The van der Waals surface area contributed by atoms with Gasteiger partial charge in [-0.15, -0.1) is 11.3 Å². The number of pyridine rings is 1. The molecule has 5 heteroatoms. The van der Waals surface area contributed by atoms with Crippen LogP contribution in [0.4, 0.5) is 0 Å². The van der Waals surface area contributed by atoms with E-state index in [1.54, 1.807) is 11.3 Å². The van der Waals surface area contributed by atoms with Crippen LogP contribution in [0.1, 0.15) is 29.1 Å². The summed E-state index contributed by atoms with van der Waals surface area (Å²) in [7, 11) is 0. The van der Waals surface area contributed by atoms with Gasteiger partial charge in [0.15, 0.2) is 0 Å². The van der Waals surface area contributed by atoms with E-state index in [1.165, 1.54) is 5.56 Å². The molecule has 0 saturated carbocycles. The van der Waals surface area contributed by atoms with E-state index in [4.69, 9.17) is 0 Å². The Balaban J connectivity index is 1.48.